The van der Waals surface area contributed by atoms with E-state index in [0.717, 1.165) is 29.2 Å². The summed E-state index contributed by atoms with van der Waals surface area (Å²) in [5.74, 6) is 1.00. The minimum atomic E-state index is 0.622. The van der Waals surface area contributed by atoms with E-state index in [1.165, 1.54) is 25.7 Å². The number of nitrogen functional groups attached to an aromatic ring is 1. The summed E-state index contributed by atoms with van der Waals surface area (Å²) >= 11 is 0. The van der Waals surface area contributed by atoms with Crippen molar-refractivity contribution in [3.05, 3.63) is 18.2 Å². The van der Waals surface area contributed by atoms with Crippen molar-refractivity contribution in [1.29, 1.82) is 0 Å². The number of aromatic amines is 1. The zero-order valence-electron chi connectivity index (χ0n) is 10.8. The van der Waals surface area contributed by atoms with Gasteiger partial charge in [-0.15, -0.1) is 0 Å². The number of nitrogens with zero attached hydrogens (tertiary/aromatic N) is 2. The van der Waals surface area contributed by atoms with Gasteiger partial charge in [-0.05, 0) is 43.9 Å². The van der Waals surface area contributed by atoms with Crippen molar-refractivity contribution in [2.75, 3.05) is 17.2 Å². The van der Waals surface area contributed by atoms with Crippen LogP contribution < -0.4 is 10.6 Å². The fourth-order valence-corrected chi connectivity index (χ4v) is 2.85. The van der Waals surface area contributed by atoms with Crippen LogP contribution in [0.5, 0.6) is 0 Å². The molecule has 1 aliphatic heterocycles. The molecule has 1 aromatic heterocycles. The Morgan fingerprint density at radius 2 is 2.33 bits per heavy atom. The van der Waals surface area contributed by atoms with E-state index in [1.54, 1.807) is 0 Å². The Labute approximate surface area is 107 Å². The van der Waals surface area contributed by atoms with E-state index < -0.39 is 0 Å². The van der Waals surface area contributed by atoms with E-state index in [0.29, 0.717) is 6.04 Å². The Hall–Kier alpha value is -1.71. The van der Waals surface area contributed by atoms with Gasteiger partial charge in [-0.3, -0.25) is 0 Å². The van der Waals surface area contributed by atoms with Crippen molar-refractivity contribution in [3.63, 3.8) is 0 Å². The van der Waals surface area contributed by atoms with Gasteiger partial charge in [-0.25, -0.2) is 4.98 Å². The second-order valence-electron chi connectivity index (χ2n) is 5.09. The van der Waals surface area contributed by atoms with Gasteiger partial charge in [0.2, 0.25) is 5.95 Å². The topological polar surface area (TPSA) is 57.9 Å². The van der Waals surface area contributed by atoms with Crippen LogP contribution >= 0.6 is 0 Å². The number of nitrogens with two attached hydrogens (primary N) is 1. The number of nitrogens with one attached hydrogen (secondary N) is 1. The quantitative estimate of drug-likeness (QED) is 0.799. The maximum atomic E-state index is 5.80. The van der Waals surface area contributed by atoms with E-state index in [4.69, 9.17) is 10.7 Å². The average Bonchev–Trinajstić information content (AvgIpc) is 2.81. The van der Waals surface area contributed by atoms with Crippen molar-refractivity contribution < 1.29 is 0 Å². The number of fused-ring (bicyclic) bond motifs is 1. The van der Waals surface area contributed by atoms with Crippen LogP contribution in [0.2, 0.25) is 0 Å². The molecule has 3 rings (SSSR count). The molecule has 2 aromatic rings. The summed E-state index contributed by atoms with van der Waals surface area (Å²) in [4.78, 5) is 10.5. The van der Waals surface area contributed by atoms with Crippen LogP contribution in [0.3, 0.4) is 0 Å². The predicted molar refractivity (Wildman–Crippen MR) is 75.8 cm³/mol. The normalized spacial score (nSPS) is 20.5. The largest absolute Gasteiger partial charge is 0.399 e. The monoisotopic (exact) mass is 244 g/mol. The summed E-state index contributed by atoms with van der Waals surface area (Å²) in [5.41, 5.74) is 8.62. The highest BCUT2D eigenvalue weighted by molar-refractivity contribution is 5.80. The molecule has 18 heavy (non-hydrogen) atoms. The average molecular weight is 244 g/mol. The lowest BCUT2D eigenvalue weighted by Crippen LogP contribution is -2.39. The third-order valence-electron chi connectivity index (χ3n) is 3.86. The lowest BCUT2D eigenvalue weighted by Gasteiger charge is -2.34. The minimum absolute atomic E-state index is 0.622. The van der Waals surface area contributed by atoms with E-state index in [2.05, 4.69) is 16.8 Å². The van der Waals surface area contributed by atoms with Crippen LogP contribution in [-0.2, 0) is 0 Å². The second kappa shape index (κ2) is 4.52. The van der Waals surface area contributed by atoms with Crippen LogP contribution in [0.1, 0.15) is 32.6 Å². The Morgan fingerprint density at radius 3 is 3.17 bits per heavy atom. The number of anilines is 2. The molecule has 1 aliphatic rings. The molecule has 1 saturated heterocycles. The summed E-state index contributed by atoms with van der Waals surface area (Å²) in [5, 5.41) is 0. The highest BCUT2D eigenvalue weighted by atomic mass is 15.3. The van der Waals surface area contributed by atoms with Gasteiger partial charge < -0.3 is 15.6 Å². The Morgan fingerprint density at radius 1 is 1.44 bits per heavy atom. The van der Waals surface area contributed by atoms with E-state index in [-0.39, 0.29) is 0 Å². The first-order valence-corrected chi connectivity index (χ1v) is 6.80. The van der Waals surface area contributed by atoms with Crippen LogP contribution in [0.15, 0.2) is 18.2 Å². The van der Waals surface area contributed by atoms with Crippen molar-refractivity contribution >= 4 is 22.7 Å². The molecule has 0 aliphatic carbocycles. The van der Waals surface area contributed by atoms with Crippen LogP contribution in [0, 0.1) is 0 Å². The maximum Gasteiger partial charge on any atom is 0.204 e. The van der Waals surface area contributed by atoms with Crippen LogP contribution in [-0.4, -0.2) is 22.6 Å². The Bertz CT molecular complexity index is 546. The van der Waals surface area contributed by atoms with Gasteiger partial charge in [-0.2, -0.15) is 0 Å². The van der Waals surface area contributed by atoms with E-state index in [9.17, 15) is 0 Å². The molecule has 0 bridgehead atoms. The molecular weight excluding hydrogens is 224 g/mol. The summed E-state index contributed by atoms with van der Waals surface area (Å²) in [6.07, 6.45) is 5.05. The number of hydrogen-bond donors (Lipinski definition) is 2. The summed E-state index contributed by atoms with van der Waals surface area (Å²) in [7, 11) is 0. The van der Waals surface area contributed by atoms with Gasteiger partial charge in [0.1, 0.15) is 0 Å². The zero-order chi connectivity index (χ0) is 12.5. The molecule has 4 heteroatoms. The number of piperidine rings is 1. The molecule has 1 unspecified atom stereocenters. The predicted octanol–water partition coefficient (Wildman–Crippen LogP) is 2.91. The van der Waals surface area contributed by atoms with Crippen molar-refractivity contribution in [3.8, 4) is 0 Å². The highest BCUT2D eigenvalue weighted by Crippen LogP contribution is 2.26. The fraction of sp³-hybridized carbons (Fsp3) is 0.500. The van der Waals surface area contributed by atoms with Crippen LogP contribution in [0.4, 0.5) is 11.6 Å². The Kier molecular flexibility index (Phi) is 2.86. The van der Waals surface area contributed by atoms with Crippen molar-refractivity contribution in [2.45, 2.75) is 38.6 Å². The van der Waals surface area contributed by atoms with Gasteiger partial charge in [0.25, 0.3) is 0 Å². The number of rotatable bonds is 2. The molecule has 4 nitrogen and oxygen atoms in total. The highest BCUT2D eigenvalue weighted by Gasteiger charge is 2.23. The molecule has 0 radical (unpaired) electrons. The molecule has 0 spiro atoms. The Balaban J connectivity index is 1.97. The number of hydrogen-bond acceptors (Lipinski definition) is 3. The van der Waals surface area contributed by atoms with Gasteiger partial charge in [-0.1, -0.05) is 6.92 Å². The van der Waals surface area contributed by atoms with E-state index in [1.807, 2.05) is 18.2 Å². The minimum Gasteiger partial charge on any atom is -0.399 e. The molecule has 96 valence electrons. The first-order chi connectivity index (χ1) is 8.78. The molecule has 1 aromatic carbocycles. The summed E-state index contributed by atoms with van der Waals surface area (Å²) in [6, 6.07) is 6.46. The first kappa shape index (κ1) is 11.4. The number of H-pyrrole nitrogens is 1. The number of imidazole rings is 1. The molecule has 0 saturated carbocycles. The van der Waals surface area contributed by atoms with Gasteiger partial charge in [0.05, 0.1) is 11.0 Å². The lowest BCUT2D eigenvalue weighted by atomic mass is 10.0. The van der Waals surface area contributed by atoms with Crippen LogP contribution in [0.25, 0.3) is 11.0 Å². The standard InChI is InChI=1S/C14H20N4/c1-2-11-5-3-4-8-18(11)14-16-12-7-6-10(15)9-13(12)17-14/h6-7,9,11H,2-5,8,15H2,1H3,(H,16,17). The van der Waals surface area contributed by atoms with Gasteiger partial charge >= 0.3 is 0 Å². The third kappa shape index (κ3) is 1.92. The number of aromatic nitrogens is 2. The molecule has 3 N–H and O–H groups in total. The summed E-state index contributed by atoms with van der Waals surface area (Å²) in [6.45, 7) is 3.36. The van der Waals surface area contributed by atoms with Gasteiger partial charge in [0.15, 0.2) is 0 Å². The molecular formula is C14H20N4. The zero-order valence-corrected chi connectivity index (χ0v) is 10.8. The third-order valence-corrected chi connectivity index (χ3v) is 3.86. The molecule has 0 amide bonds. The number of benzene rings is 1. The summed E-state index contributed by atoms with van der Waals surface area (Å²) < 4.78 is 0. The van der Waals surface area contributed by atoms with Crippen molar-refractivity contribution in [1.82, 2.24) is 9.97 Å². The molecule has 1 atom stereocenters. The lowest BCUT2D eigenvalue weighted by molar-refractivity contribution is 0.444. The van der Waals surface area contributed by atoms with E-state index >= 15 is 0 Å². The maximum absolute atomic E-state index is 5.80. The van der Waals surface area contributed by atoms with Crippen molar-refractivity contribution in [2.24, 2.45) is 0 Å². The first-order valence-electron chi connectivity index (χ1n) is 6.80. The SMILES string of the molecule is CCC1CCCCN1c1nc2ccc(N)cc2[nH]1. The smallest absolute Gasteiger partial charge is 0.204 e. The molecule has 2 heterocycles. The molecule has 1 fully saturated rings. The second-order valence-corrected chi connectivity index (χ2v) is 5.09. The fourth-order valence-electron chi connectivity index (χ4n) is 2.85. The van der Waals surface area contributed by atoms with Gasteiger partial charge in [0, 0.05) is 18.3 Å².